The lowest BCUT2D eigenvalue weighted by molar-refractivity contribution is -0.145. The van der Waals surface area contributed by atoms with Crippen LogP contribution in [0.15, 0.2) is 30.3 Å². The molecular formula is C19H27NO4S. The summed E-state index contributed by atoms with van der Waals surface area (Å²) in [6, 6.07) is 9.11. The molecule has 0 spiro atoms. The summed E-state index contributed by atoms with van der Waals surface area (Å²) in [5.74, 6) is -0.531. The van der Waals surface area contributed by atoms with Crippen molar-refractivity contribution in [1.29, 1.82) is 0 Å². The number of hydrogen-bond donors (Lipinski definition) is 1. The number of methoxy groups -OCH3 is 1. The van der Waals surface area contributed by atoms with Crippen molar-refractivity contribution in [3.63, 3.8) is 0 Å². The van der Waals surface area contributed by atoms with Gasteiger partial charge in [0.1, 0.15) is 6.04 Å². The number of aryl methyl sites for hydroxylation is 1. The van der Waals surface area contributed by atoms with Gasteiger partial charge >= 0.3 is 5.97 Å². The van der Waals surface area contributed by atoms with Gasteiger partial charge in [0.15, 0.2) is 5.12 Å². The summed E-state index contributed by atoms with van der Waals surface area (Å²) in [7, 11) is 1.30. The lowest BCUT2D eigenvalue weighted by atomic mass is 10.0. The molecule has 6 heteroatoms. The second-order valence-electron chi connectivity index (χ2n) is 6.34. The van der Waals surface area contributed by atoms with Crippen LogP contribution < -0.4 is 5.32 Å². The van der Waals surface area contributed by atoms with Gasteiger partial charge in [0.2, 0.25) is 5.91 Å². The third-order valence-electron chi connectivity index (χ3n) is 3.65. The Morgan fingerprint density at radius 2 is 1.80 bits per heavy atom. The average molecular weight is 365 g/mol. The van der Waals surface area contributed by atoms with E-state index in [0.717, 1.165) is 17.3 Å². The summed E-state index contributed by atoms with van der Waals surface area (Å²) in [6.07, 6.45) is 1.70. The molecule has 1 aromatic rings. The zero-order chi connectivity index (χ0) is 18.8. The summed E-state index contributed by atoms with van der Waals surface area (Å²) in [4.78, 5) is 36.0. The highest BCUT2D eigenvalue weighted by atomic mass is 32.2. The van der Waals surface area contributed by atoms with Crippen LogP contribution in [-0.2, 0) is 25.5 Å². The zero-order valence-corrected chi connectivity index (χ0v) is 16.1. The summed E-state index contributed by atoms with van der Waals surface area (Å²) in [6.45, 7) is 5.39. The highest BCUT2D eigenvalue weighted by Gasteiger charge is 2.28. The fourth-order valence-corrected chi connectivity index (χ4v) is 3.29. The maximum Gasteiger partial charge on any atom is 0.328 e. The van der Waals surface area contributed by atoms with E-state index in [1.165, 1.54) is 14.0 Å². The first kappa shape index (κ1) is 21.2. The van der Waals surface area contributed by atoms with Gasteiger partial charge in [-0.15, -0.1) is 0 Å². The van der Waals surface area contributed by atoms with Crippen molar-refractivity contribution < 1.29 is 19.1 Å². The molecular weight excluding hydrogens is 338 g/mol. The van der Waals surface area contributed by atoms with E-state index in [9.17, 15) is 14.4 Å². The van der Waals surface area contributed by atoms with Crippen LogP contribution in [0.25, 0.3) is 0 Å². The molecule has 1 N–H and O–H groups in total. The molecule has 0 radical (unpaired) electrons. The second kappa shape index (κ2) is 10.9. The molecule has 0 aliphatic heterocycles. The van der Waals surface area contributed by atoms with E-state index >= 15 is 0 Å². The van der Waals surface area contributed by atoms with E-state index < -0.39 is 17.3 Å². The van der Waals surface area contributed by atoms with Crippen LogP contribution in [0.5, 0.6) is 0 Å². The molecule has 1 amide bonds. The summed E-state index contributed by atoms with van der Waals surface area (Å²) in [5.41, 5.74) is 1.11. The molecule has 0 fully saturated rings. The quantitative estimate of drug-likeness (QED) is 0.681. The Bertz CT molecular complexity index is 574. The monoisotopic (exact) mass is 365 g/mol. The van der Waals surface area contributed by atoms with Gasteiger partial charge < -0.3 is 10.1 Å². The Balaban J connectivity index is 2.76. The van der Waals surface area contributed by atoms with Gasteiger partial charge in [-0.1, -0.05) is 55.9 Å². The number of nitrogens with one attached hydrogen (secondary N) is 1. The van der Waals surface area contributed by atoms with Gasteiger partial charge in [0.05, 0.1) is 12.4 Å². The van der Waals surface area contributed by atoms with E-state index in [1.54, 1.807) is 0 Å². The van der Waals surface area contributed by atoms with Crippen molar-refractivity contribution >= 4 is 28.8 Å². The smallest absolute Gasteiger partial charge is 0.328 e. The maximum atomic E-state index is 12.6. The molecule has 0 saturated carbocycles. The van der Waals surface area contributed by atoms with Crippen molar-refractivity contribution in [2.75, 3.05) is 7.11 Å². The van der Waals surface area contributed by atoms with Crippen molar-refractivity contribution in [2.45, 2.75) is 51.3 Å². The highest BCUT2D eigenvalue weighted by Crippen LogP contribution is 2.19. The minimum Gasteiger partial charge on any atom is -0.467 e. The van der Waals surface area contributed by atoms with Crippen LogP contribution in [0.1, 0.15) is 39.2 Å². The van der Waals surface area contributed by atoms with Crippen LogP contribution >= 0.6 is 11.8 Å². The number of hydrogen-bond acceptors (Lipinski definition) is 5. The van der Waals surface area contributed by atoms with Crippen molar-refractivity contribution in [1.82, 2.24) is 5.32 Å². The summed E-state index contributed by atoms with van der Waals surface area (Å²) >= 11 is 1.00. The molecule has 0 aromatic heterocycles. The van der Waals surface area contributed by atoms with Crippen LogP contribution in [0.2, 0.25) is 0 Å². The molecule has 0 aliphatic rings. The standard InChI is InChI=1S/C19H27NO4S/c1-13(2)12-16(19(23)24-4)20-18(22)17(25-14(3)21)11-10-15-8-6-5-7-9-15/h5-9,13,16-17H,10-12H2,1-4H3,(H,20,22)/t16-,17-/m0/s1. The predicted molar refractivity (Wildman–Crippen MR) is 100 cm³/mol. The van der Waals surface area contributed by atoms with Crippen LogP contribution in [-0.4, -0.2) is 35.4 Å². The Kier molecular flexibility index (Phi) is 9.27. The van der Waals surface area contributed by atoms with Crippen LogP contribution in [0, 0.1) is 5.92 Å². The molecule has 25 heavy (non-hydrogen) atoms. The van der Waals surface area contributed by atoms with Gasteiger partial charge in [0.25, 0.3) is 0 Å². The third-order valence-corrected chi connectivity index (χ3v) is 4.71. The minimum absolute atomic E-state index is 0.119. The number of amides is 1. The normalized spacial score (nSPS) is 13.2. The van der Waals surface area contributed by atoms with Crippen molar-refractivity contribution in [3.05, 3.63) is 35.9 Å². The van der Waals surface area contributed by atoms with E-state index in [-0.39, 0.29) is 16.9 Å². The van der Waals surface area contributed by atoms with Crippen LogP contribution in [0.4, 0.5) is 0 Å². The number of carbonyl (C=O) groups excluding carboxylic acids is 3. The number of thioether (sulfide) groups is 1. The first-order valence-corrected chi connectivity index (χ1v) is 9.30. The Hall–Kier alpha value is -1.82. The topological polar surface area (TPSA) is 72.5 Å². The third kappa shape index (κ3) is 8.20. The van der Waals surface area contributed by atoms with Crippen molar-refractivity contribution in [3.8, 4) is 0 Å². The summed E-state index contributed by atoms with van der Waals surface area (Å²) < 4.78 is 4.78. The van der Waals surface area contributed by atoms with Crippen molar-refractivity contribution in [2.24, 2.45) is 5.92 Å². The van der Waals surface area contributed by atoms with E-state index in [1.807, 2.05) is 44.2 Å². The molecule has 2 atom stereocenters. The number of ether oxygens (including phenoxy) is 1. The average Bonchev–Trinajstić information content (AvgIpc) is 2.57. The SMILES string of the molecule is COC(=O)[C@H](CC(C)C)NC(=O)[C@H](CCc1ccccc1)SC(C)=O. The van der Waals surface area contributed by atoms with Gasteiger partial charge in [-0.05, 0) is 30.7 Å². The first-order chi connectivity index (χ1) is 11.8. The molecule has 0 heterocycles. The molecule has 0 bridgehead atoms. The summed E-state index contributed by atoms with van der Waals surface area (Å²) in [5, 5.41) is 2.10. The highest BCUT2D eigenvalue weighted by molar-refractivity contribution is 8.14. The lowest BCUT2D eigenvalue weighted by Crippen LogP contribution is -2.46. The molecule has 0 saturated heterocycles. The largest absolute Gasteiger partial charge is 0.467 e. The second-order valence-corrected chi connectivity index (χ2v) is 7.72. The fraction of sp³-hybridized carbons (Fsp3) is 0.526. The number of rotatable bonds is 9. The number of esters is 1. The maximum absolute atomic E-state index is 12.6. The molecule has 138 valence electrons. The van der Waals surface area contributed by atoms with Gasteiger partial charge in [-0.2, -0.15) is 0 Å². The van der Waals surface area contributed by atoms with Gasteiger partial charge in [0, 0.05) is 6.92 Å². The minimum atomic E-state index is -0.690. The Labute approximate surface area is 153 Å². The zero-order valence-electron chi connectivity index (χ0n) is 15.3. The Morgan fingerprint density at radius 1 is 1.16 bits per heavy atom. The van der Waals surface area contributed by atoms with Crippen LogP contribution in [0.3, 0.4) is 0 Å². The van der Waals surface area contributed by atoms with Gasteiger partial charge in [-0.25, -0.2) is 4.79 Å². The van der Waals surface area contributed by atoms with E-state index in [2.05, 4.69) is 5.32 Å². The first-order valence-electron chi connectivity index (χ1n) is 8.42. The Morgan fingerprint density at radius 3 is 2.32 bits per heavy atom. The molecule has 0 aliphatic carbocycles. The lowest BCUT2D eigenvalue weighted by Gasteiger charge is -2.21. The molecule has 1 rings (SSSR count). The molecule has 0 unspecified atom stereocenters. The molecule has 1 aromatic carbocycles. The van der Waals surface area contributed by atoms with Gasteiger partial charge in [-0.3, -0.25) is 9.59 Å². The van der Waals surface area contributed by atoms with E-state index in [4.69, 9.17) is 4.74 Å². The van der Waals surface area contributed by atoms with E-state index in [0.29, 0.717) is 19.3 Å². The molecule has 5 nitrogen and oxygen atoms in total. The fourth-order valence-electron chi connectivity index (χ4n) is 2.48. The number of carbonyl (C=O) groups is 3. The number of benzene rings is 1. The predicted octanol–water partition coefficient (Wildman–Crippen LogP) is 2.97.